The number of nitrogens with one attached hydrogen (secondary N) is 1. The van der Waals surface area contributed by atoms with E-state index in [0.717, 1.165) is 31.6 Å². The summed E-state index contributed by atoms with van der Waals surface area (Å²) in [7, 11) is 0. The summed E-state index contributed by atoms with van der Waals surface area (Å²) in [5, 5.41) is 19.7. The van der Waals surface area contributed by atoms with Crippen LogP contribution >= 0.6 is 23.2 Å². The van der Waals surface area contributed by atoms with Crippen molar-refractivity contribution in [1.29, 1.82) is 0 Å². The fourth-order valence-corrected chi connectivity index (χ4v) is 2.75. The molecule has 1 aromatic heterocycles. The Balaban J connectivity index is 1.96. The number of carbonyl (C=O) groups is 1. The molecule has 1 saturated heterocycles. The Labute approximate surface area is 127 Å². The molecule has 0 spiro atoms. The third-order valence-corrected chi connectivity index (χ3v) is 3.72. The number of hydrogen-bond donors (Lipinski definition) is 2. The SMILES string of the molecule is O=C(O)CNCC1CCCN(c2cc(Cl)nnc2Cl)C1. The molecule has 0 amide bonds. The van der Waals surface area contributed by atoms with Crippen LogP contribution in [0.4, 0.5) is 5.69 Å². The molecule has 0 bridgehead atoms. The molecule has 0 radical (unpaired) electrons. The molecule has 1 fully saturated rings. The zero-order chi connectivity index (χ0) is 14.5. The van der Waals surface area contributed by atoms with E-state index in [-0.39, 0.29) is 6.54 Å². The summed E-state index contributed by atoms with van der Waals surface area (Å²) < 4.78 is 0. The minimum Gasteiger partial charge on any atom is -0.480 e. The van der Waals surface area contributed by atoms with E-state index in [0.29, 0.717) is 22.8 Å². The standard InChI is InChI=1S/C12H16Cl2N4O2/c13-10-4-9(12(14)17-16-10)18-3-1-2-8(7-18)5-15-6-11(19)20/h4,8,15H,1-3,5-7H2,(H,19,20). The Morgan fingerprint density at radius 2 is 2.30 bits per heavy atom. The Morgan fingerprint density at radius 1 is 1.50 bits per heavy atom. The first-order chi connectivity index (χ1) is 9.56. The normalized spacial score (nSPS) is 19.1. The maximum atomic E-state index is 10.5. The monoisotopic (exact) mass is 318 g/mol. The summed E-state index contributed by atoms with van der Waals surface area (Å²) in [6.45, 7) is 2.35. The zero-order valence-corrected chi connectivity index (χ0v) is 12.4. The predicted octanol–water partition coefficient (Wildman–Crippen LogP) is 1.67. The second-order valence-electron chi connectivity index (χ2n) is 4.82. The maximum Gasteiger partial charge on any atom is 0.317 e. The highest BCUT2D eigenvalue weighted by Gasteiger charge is 2.22. The van der Waals surface area contributed by atoms with Crippen molar-refractivity contribution in [2.75, 3.05) is 31.1 Å². The summed E-state index contributed by atoms with van der Waals surface area (Å²) in [6, 6.07) is 1.71. The molecule has 1 aromatic rings. The summed E-state index contributed by atoms with van der Waals surface area (Å²) >= 11 is 11.9. The third-order valence-electron chi connectivity index (χ3n) is 3.27. The van der Waals surface area contributed by atoms with Gasteiger partial charge in [-0.05, 0) is 18.8 Å². The number of halogens is 2. The molecule has 1 atom stereocenters. The van der Waals surface area contributed by atoms with Gasteiger partial charge in [-0.2, -0.15) is 0 Å². The number of anilines is 1. The van der Waals surface area contributed by atoms with Gasteiger partial charge in [-0.3, -0.25) is 4.79 Å². The molecule has 1 unspecified atom stereocenters. The highest BCUT2D eigenvalue weighted by Crippen LogP contribution is 2.29. The zero-order valence-electron chi connectivity index (χ0n) is 10.9. The number of piperidine rings is 1. The van der Waals surface area contributed by atoms with E-state index >= 15 is 0 Å². The van der Waals surface area contributed by atoms with Crippen LogP contribution in [0.3, 0.4) is 0 Å². The van der Waals surface area contributed by atoms with Gasteiger partial charge < -0.3 is 15.3 Å². The lowest BCUT2D eigenvalue weighted by molar-refractivity contribution is -0.136. The number of carboxylic acids is 1. The van der Waals surface area contributed by atoms with Crippen molar-refractivity contribution >= 4 is 34.9 Å². The van der Waals surface area contributed by atoms with Gasteiger partial charge >= 0.3 is 5.97 Å². The lowest BCUT2D eigenvalue weighted by atomic mass is 9.97. The fraction of sp³-hybridized carbons (Fsp3) is 0.583. The molecule has 20 heavy (non-hydrogen) atoms. The molecule has 6 nitrogen and oxygen atoms in total. The van der Waals surface area contributed by atoms with Gasteiger partial charge in [-0.1, -0.05) is 23.2 Å². The van der Waals surface area contributed by atoms with Crippen molar-refractivity contribution in [3.8, 4) is 0 Å². The first-order valence-electron chi connectivity index (χ1n) is 6.42. The first-order valence-corrected chi connectivity index (χ1v) is 7.18. The lowest BCUT2D eigenvalue weighted by Gasteiger charge is -2.34. The van der Waals surface area contributed by atoms with Crippen LogP contribution in [0.2, 0.25) is 10.3 Å². The highest BCUT2D eigenvalue weighted by atomic mass is 35.5. The number of aromatic nitrogens is 2. The third kappa shape index (κ3) is 4.19. The average molecular weight is 319 g/mol. The van der Waals surface area contributed by atoms with Crippen LogP contribution in [-0.4, -0.2) is 47.5 Å². The fourth-order valence-electron chi connectivity index (χ4n) is 2.40. The summed E-state index contributed by atoms with van der Waals surface area (Å²) in [6.07, 6.45) is 2.09. The van der Waals surface area contributed by atoms with Gasteiger partial charge in [0.2, 0.25) is 0 Å². The van der Waals surface area contributed by atoms with E-state index < -0.39 is 5.97 Å². The van der Waals surface area contributed by atoms with Crippen LogP contribution in [0.5, 0.6) is 0 Å². The Hall–Kier alpha value is -1.11. The molecule has 2 N–H and O–H groups in total. The summed E-state index contributed by atoms with van der Waals surface area (Å²) in [5.41, 5.74) is 0.787. The van der Waals surface area contributed by atoms with Crippen molar-refractivity contribution in [3.63, 3.8) is 0 Å². The lowest BCUT2D eigenvalue weighted by Crippen LogP contribution is -2.40. The van der Waals surface area contributed by atoms with Gasteiger partial charge in [-0.15, -0.1) is 10.2 Å². The van der Waals surface area contributed by atoms with Crippen LogP contribution in [-0.2, 0) is 4.79 Å². The quantitative estimate of drug-likeness (QED) is 0.860. The van der Waals surface area contributed by atoms with E-state index in [4.69, 9.17) is 28.3 Å². The van der Waals surface area contributed by atoms with Crippen molar-refractivity contribution in [3.05, 3.63) is 16.4 Å². The molecule has 2 heterocycles. The molecule has 2 rings (SSSR count). The van der Waals surface area contributed by atoms with Crippen LogP contribution in [0.25, 0.3) is 0 Å². The van der Waals surface area contributed by atoms with Crippen molar-refractivity contribution in [1.82, 2.24) is 15.5 Å². The molecule has 1 aliphatic heterocycles. The van der Waals surface area contributed by atoms with Gasteiger partial charge in [0.25, 0.3) is 0 Å². The molecule has 110 valence electrons. The predicted molar refractivity (Wildman–Crippen MR) is 77.5 cm³/mol. The second-order valence-corrected chi connectivity index (χ2v) is 5.57. The highest BCUT2D eigenvalue weighted by molar-refractivity contribution is 6.33. The molecular weight excluding hydrogens is 303 g/mol. The van der Waals surface area contributed by atoms with Gasteiger partial charge in [0.1, 0.15) is 0 Å². The first kappa shape index (κ1) is 15.3. The van der Waals surface area contributed by atoms with Crippen molar-refractivity contribution < 1.29 is 9.90 Å². The minimum atomic E-state index is -0.842. The van der Waals surface area contributed by atoms with E-state index in [1.807, 2.05) is 0 Å². The largest absolute Gasteiger partial charge is 0.480 e. The minimum absolute atomic E-state index is 0.0140. The van der Waals surface area contributed by atoms with E-state index in [1.54, 1.807) is 6.07 Å². The van der Waals surface area contributed by atoms with Gasteiger partial charge in [-0.25, -0.2) is 0 Å². The van der Waals surface area contributed by atoms with E-state index in [9.17, 15) is 4.79 Å². The van der Waals surface area contributed by atoms with Crippen LogP contribution in [0, 0.1) is 5.92 Å². The number of rotatable bonds is 5. The molecule has 8 heteroatoms. The summed E-state index contributed by atoms with van der Waals surface area (Å²) in [4.78, 5) is 12.6. The number of nitrogens with zero attached hydrogens (tertiary/aromatic N) is 3. The van der Waals surface area contributed by atoms with E-state index in [2.05, 4.69) is 20.4 Å². The molecular formula is C12H16Cl2N4O2. The van der Waals surface area contributed by atoms with Crippen LogP contribution < -0.4 is 10.2 Å². The second kappa shape index (κ2) is 7.06. The molecule has 0 aliphatic carbocycles. The summed E-state index contributed by atoms with van der Waals surface area (Å²) in [5.74, 6) is -0.461. The van der Waals surface area contributed by atoms with Crippen molar-refractivity contribution in [2.45, 2.75) is 12.8 Å². The van der Waals surface area contributed by atoms with Gasteiger partial charge in [0.05, 0.1) is 12.2 Å². The Morgan fingerprint density at radius 3 is 3.05 bits per heavy atom. The van der Waals surface area contributed by atoms with Crippen molar-refractivity contribution in [2.24, 2.45) is 5.92 Å². The van der Waals surface area contributed by atoms with Gasteiger partial charge in [0, 0.05) is 25.7 Å². The number of hydrogen-bond acceptors (Lipinski definition) is 5. The molecule has 0 saturated carbocycles. The van der Waals surface area contributed by atoms with E-state index in [1.165, 1.54) is 0 Å². The smallest absolute Gasteiger partial charge is 0.317 e. The number of carboxylic acid groups (broad SMARTS) is 1. The Kier molecular flexibility index (Phi) is 5.39. The Bertz CT molecular complexity index is 487. The number of aliphatic carboxylic acids is 1. The topological polar surface area (TPSA) is 78.4 Å². The van der Waals surface area contributed by atoms with Gasteiger partial charge in [0.15, 0.2) is 10.3 Å². The molecule has 1 aliphatic rings. The average Bonchev–Trinajstić information content (AvgIpc) is 2.41. The van der Waals surface area contributed by atoms with Crippen LogP contribution in [0.15, 0.2) is 6.07 Å². The molecule has 0 aromatic carbocycles. The van der Waals surface area contributed by atoms with Crippen LogP contribution in [0.1, 0.15) is 12.8 Å². The maximum absolute atomic E-state index is 10.5.